The Labute approximate surface area is 146 Å². The standard InChI is InChI=1S/C17H21N3O3S/c1-12-10-16(24-11-15(21)18-8-9-22-2)20-17(19-12)13-4-6-14(23-3)7-5-13/h4-7,10H,8-9,11H2,1-3H3,(H,18,21). The number of aryl methyl sites for hydroxylation is 1. The minimum Gasteiger partial charge on any atom is -0.497 e. The lowest BCUT2D eigenvalue weighted by atomic mass is 10.2. The molecule has 0 aliphatic heterocycles. The molecule has 0 bridgehead atoms. The number of benzene rings is 1. The van der Waals surface area contributed by atoms with Crippen molar-refractivity contribution in [1.29, 1.82) is 0 Å². The van der Waals surface area contributed by atoms with Crippen LogP contribution >= 0.6 is 11.8 Å². The quantitative estimate of drug-likeness (QED) is 0.449. The van der Waals surface area contributed by atoms with Crippen molar-refractivity contribution in [1.82, 2.24) is 15.3 Å². The Bertz CT molecular complexity index is 677. The summed E-state index contributed by atoms with van der Waals surface area (Å²) in [7, 11) is 3.23. The minimum atomic E-state index is -0.0423. The Morgan fingerprint density at radius 2 is 1.96 bits per heavy atom. The number of carbonyl (C=O) groups is 1. The Kier molecular flexibility index (Phi) is 7.02. The van der Waals surface area contributed by atoms with Gasteiger partial charge < -0.3 is 14.8 Å². The maximum absolute atomic E-state index is 11.8. The molecule has 6 nitrogen and oxygen atoms in total. The third kappa shape index (κ3) is 5.50. The molecule has 128 valence electrons. The SMILES string of the molecule is COCCNC(=O)CSc1cc(C)nc(-c2ccc(OC)cc2)n1. The van der Waals surface area contributed by atoms with E-state index in [2.05, 4.69) is 15.3 Å². The van der Waals surface area contributed by atoms with Gasteiger partial charge in [0.15, 0.2) is 5.82 Å². The summed E-state index contributed by atoms with van der Waals surface area (Å²) in [4.78, 5) is 20.8. The van der Waals surface area contributed by atoms with E-state index in [-0.39, 0.29) is 5.91 Å². The molecule has 0 aliphatic rings. The van der Waals surface area contributed by atoms with E-state index in [0.717, 1.165) is 22.0 Å². The maximum Gasteiger partial charge on any atom is 0.230 e. The molecule has 7 heteroatoms. The molecular weight excluding hydrogens is 326 g/mol. The van der Waals surface area contributed by atoms with Crippen LogP contribution in [0.2, 0.25) is 0 Å². The molecule has 0 atom stereocenters. The van der Waals surface area contributed by atoms with E-state index in [1.54, 1.807) is 14.2 Å². The van der Waals surface area contributed by atoms with Crippen molar-refractivity contribution in [3.63, 3.8) is 0 Å². The largest absolute Gasteiger partial charge is 0.497 e. The second-order valence-electron chi connectivity index (χ2n) is 5.03. The van der Waals surface area contributed by atoms with Crippen LogP contribution in [0.5, 0.6) is 5.75 Å². The Morgan fingerprint density at radius 1 is 1.21 bits per heavy atom. The van der Waals surface area contributed by atoms with Crippen molar-refractivity contribution in [3.8, 4) is 17.1 Å². The molecule has 1 N–H and O–H groups in total. The summed E-state index contributed by atoms with van der Waals surface area (Å²) in [5, 5.41) is 3.56. The zero-order valence-corrected chi connectivity index (χ0v) is 14.9. The van der Waals surface area contributed by atoms with Gasteiger partial charge in [-0.3, -0.25) is 4.79 Å². The zero-order valence-electron chi connectivity index (χ0n) is 14.0. The van der Waals surface area contributed by atoms with Gasteiger partial charge in [-0.1, -0.05) is 11.8 Å². The van der Waals surface area contributed by atoms with Crippen LogP contribution in [0.3, 0.4) is 0 Å². The smallest absolute Gasteiger partial charge is 0.230 e. The van der Waals surface area contributed by atoms with Gasteiger partial charge >= 0.3 is 0 Å². The summed E-state index contributed by atoms with van der Waals surface area (Å²) in [6.45, 7) is 2.93. The number of amides is 1. The summed E-state index contributed by atoms with van der Waals surface area (Å²) in [5.41, 5.74) is 1.77. The lowest BCUT2D eigenvalue weighted by Gasteiger charge is -2.07. The Morgan fingerprint density at radius 3 is 2.62 bits per heavy atom. The minimum absolute atomic E-state index is 0.0423. The van der Waals surface area contributed by atoms with Gasteiger partial charge in [0.1, 0.15) is 10.8 Å². The number of methoxy groups -OCH3 is 2. The van der Waals surface area contributed by atoms with Crippen LogP contribution in [0, 0.1) is 6.92 Å². The highest BCUT2D eigenvalue weighted by atomic mass is 32.2. The molecule has 0 saturated carbocycles. The van der Waals surface area contributed by atoms with Crippen molar-refractivity contribution in [2.75, 3.05) is 33.1 Å². The first-order valence-electron chi connectivity index (χ1n) is 7.51. The lowest BCUT2D eigenvalue weighted by molar-refractivity contribution is -0.118. The third-order valence-electron chi connectivity index (χ3n) is 3.16. The van der Waals surface area contributed by atoms with Gasteiger partial charge in [0, 0.05) is 24.9 Å². The van der Waals surface area contributed by atoms with Gasteiger partial charge in [0.2, 0.25) is 5.91 Å². The van der Waals surface area contributed by atoms with Crippen LogP contribution in [0.15, 0.2) is 35.4 Å². The summed E-state index contributed by atoms with van der Waals surface area (Å²) >= 11 is 1.39. The third-order valence-corrected chi connectivity index (χ3v) is 4.07. The van der Waals surface area contributed by atoms with Crippen LogP contribution in [0.1, 0.15) is 5.69 Å². The van der Waals surface area contributed by atoms with Crippen LogP contribution in [0.4, 0.5) is 0 Å². The zero-order chi connectivity index (χ0) is 17.4. The summed E-state index contributed by atoms with van der Waals surface area (Å²) < 4.78 is 10.1. The van der Waals surface area contributed by atoms with E-state index in [1.165, 1.54) is 11.8 Å². The van der Waals surface area contributed by atoms with Crippen molar-refractivity contribution >= 4 is 17.7 Å². The Balaban J connectivity index is 2.03. The topological polar surface area (TPSA) is 73.3 Å². The average Bonchev–Trinajstić information content (AvgIpc) is 2.60. The Hall–Kier alpha value is -2.12. The van der Waals surface area contributed by atoms with E-state index in [0.29, 0.717) is 24.7 Å². The molecule has 24 heavy (non-hydrogen) atoms. The summed E-state index contributed by atoms with van der Waals surface area (Å²) in [6.07, 6.45) is 0. The van der Waals surface area contributed by atoms with E-state index in [9.17, 15) is 4.79 Å². The fourth-order valence-electron chi connectivity index (χ4n) is 1.97. The number of nitrogens with zero attached hydrogens (tertiary/aromatic N) is 2. The average molecular weight is 347 g/mol. The van der Waals surface area contributed by atoms with Gasteiger partial charge in [0.05, 0.1) is 19.5 Å². The highest BCUT2D eigenvalue weighted by Gasteiger charge is 2.08. The van der Waals surface area contributed by atoms with Crippen molar-refractivity contribution < 1.29 is 14.3 Å². The van der Waals surface area contributed by atoms with Crippen LogP contribution in [-0.2, 0) is 9.53 Å². The van der Waals surface area contributed by atoms with E-state index in [4.69, 9.17) is 9.47 Å². The second-order valence-corrected chi connectivity index (χ2v) is 6.03. The highest BCUT2D eigenvalue weighted by Crippen LogP contribution is 2.23. The van der Waals surface area contributed by atoms with Gasteiger partial charge in [-0.15, -0.1) is 0 Å². The molecule has 2 aromatic rings. The van der Waals surface area contributed by atoms with E-state index >= 15 is 0 Å². The molecule has 1 aromatic carbocycles. The van der Waals surface area contributed by atoms with Crippen molar-refractivity contribution in [2.45, 2.75) is 11.9 Å². The number of carbonyl (C=O) groups excluding carboxylic acids is 1. The first-order valence-corrected chi connectivity index (χ1v) is 8.49. The molecule has 1 amide bonds. The predicted molar refractivity (Wildman–Crippen MR) is 94.4 cm³/mol. The fourth-order valence-corrected chi connectivity index (χ4v) is 2.75. The first kappa shape index (κ1) is 18.2. The number of ether oxygens (including phenoxy) is 2. The number of thioether (sulfide) groups is 1. The summed E-state index contributed by atoms with van der Waals surface area (Å²) in [6, 6.07) is 9.45. The highest BCUT2D eigenvalue weighted by molar-refractivity contribution is 7.99. The van der Waals surface area contributed by atoms with Gasteiger partial charge in [0.25, 0.3) is 0 Å². The number of nitrogens with one attached hydrogen (secondary N) is 1. The lowest BCUT2D eigenvalue weighted by Crippen LogP contribution is -2.28. The summed E-state index contributed by atoms with van der Waals surface area (Å²) in [5.74, 6) is 1.69. The first-order chi connectivity index (χ1) is 11.6. The molecule has 0 saturated heterocycles. The maximum atomic E-state index is 11.8. The van der Waals surface area contributed by atoms with Crippen LogP contribution in [0.25, 0.3) is 11.4 Å². The molecule has 0 fully saturated rings. The number of hydrogen-bond donors (Lipinski definition) is 1. The number of aromatic nitrogens is 2. The molecule has 0 radical (unpaired) electrons. The number of hydrogen-bond acceptors (Lipinski definition) is 6. The van der Waals surface area contributed by atoms with E-state index < -0.39 is 0 Å². The van der Waals surface area contributed by atoms with Gasteiger partial charge in [-0.05, 0) is 37.3 Å². The van der Waals surface area contributed by atoms with Crippen molar-refractivity contribution in [3.05, 3.63) is 36.0 Å². The molecule has 0 unspecified atom stereocenters. The molecule has 1 heterocycles. The van der Waals surface area contributed by atoms with E-state index in [1.807, 2.05) is 37.3 Å². The molecule has 0 spiro atoms. The van der Waals surface area contributed by atoms with Crippen molar-refractivity contribution in [2.24, 2.45) is 0 Å². The number of rotatable bonds is 8. The second kappa shape index (κ2) is 9.24. The van der Waals surface area contributed by atoms with Gasteiger partial charge in [-0.2, -0.15) is 0 Å². The monoisotopic (exact) mass is 347 g/mol. The van der Waals surface area contributed by atoms with Gasteiger partial charge in [-0.25, -0.2) is 9.97 Å². The normalized spacial score (nSPS) is 10.5. The molecule has 1 aromatic heterocycles. The van der Waals surface area contributed by atoms with Crippen LogP contribution < -0.4 is 10.1 Å². The van der Waals surface area contributed by atoms with Crippen LogP contribution in [-0.4, -0.2) is 49.0 Å². The molecule has 0 aliphatic carbocycles. The fraction of sp³-hybridized carbons (Fsp3) is 0.353. The molecule has 2 rings (SSSR count). The predicted octanol–water partition coefficient (Wildman–Crippen LogP) is 2.32. The molecular formula is C17H21N3O3S.